The monoisotopic (exact) mass is 239 g/mol. The number of benzene rings is 1. The summed E-state index contributed by atoms with van der Waals surface area (Å²) >= 11 is 0. The summed E-state index contributed by atoms with van der Waals surface area (Å²) in [7, 11) is -0.774. The van der Waals surface area contributed by atoms with Gasteiger partial charge in [0.15, 0.2) is 0 Å². The van der Waals surface area contributed by atoms with Crippen molar-refractivity contribution in [2.45, 2.75) is 26.5 Å². The highest BCUT2D eigenvalue weighted by Gasteiger charge is 2.09. The quantitative estimate of drug-likeness (QED) is 0.875. The fourth-order valence-electron chi connectivity index (χ4n) is 1.37. The lowest BCUT2D eigenvalue weighted by molar-refractivity contribution is 0.443. The van der Waals surface area contributed by atoms with Gasteiger partial charge in [-0.25, -0.2) is 0 Å². The summed E-state index contributed by atoms with van der Waals surface area (Å²) in [6, 6.07) is 8.15. The molecule has 0 amide bonds. The molecule has 0 saturated carbocycles. The first-order valence-electron chi connectivity index (χ1n) is 5.50. The van der Waals surface area contributed by atoms with E-state index in [-0.39, 0.29) is 5.41 Å². The maximum Gasteiger partial charge on any atom is 0.0483 e. The summed E-state index contributed by atoms with van der Waals surface area (Å²) in [6.45, 7) is 7.53. The molecule has 1 rings (SSSR count). The van der Waals surface area contributed by atoms with E-state index in [9.17, 15) is 4.21 Å². The molecule has 0 radical (unpaired) electrons. The van der Waals surface area contributed by atoms with Crippen LogP contribution in [0.5, 0.6) is 0 Å². The van der Waals surface area contributed by atoms with Gasteiger partial charge in [0.05, 0.1) is 0 Å². The number of rotatable bonds is 4. The molecule has 1 atom stereocenters. The standard InChI is InChI=1S/C13H21NOS/c1-13(2,3)10-14-12-7-5-6-11(8-12)9-16(4)15/h5-8,14H,9-10H2,1-4H3/t16-/m1/s1. The highest BCUT2D eigenvalue weighted by Crippen LogP contribution is 2.17. The van der Waals surface area contributed by atoms with Crippen LogP contribution in [0.15, 0.2) is 24.3 Å². The minimum Gasteiger partial charge on any atom is -0.385 e. The van der Waals surface area contributed by atoms with Gasteiger partial charge >= 0.3 is 0 Å². The van der Waals surface area contributed by atoms with Gasteiger partial charge in [-0.2, -0.15) is 0 Å². The van der Waals surface area contributed by atoms with Gasteiger partial charge in [-0.15, -0.1) is 0 Å². The van der Waals surface area contributed by atoms with Gasteiger partial charge in [0.25, 0.3) is 0 Å². The summed E-state index contributed by atoms with van der Waals surface area (Å²) in [5, 5.41) is 3.40. The lowest BCUT2D eigenvalue weighted by Crippen LogP contribution is -2.19. The van der Waals surface area contributed by atoms with Crippen molar-refractivity contribution in [1.82, 2.24) is 0 Å². The highest BCUT2D eigenvalue weighted by molar-refractivity contribution is 7.83. The van der Waals surface area contributed by atoms with Crippen LogP contribution in [0.25, 0.3) is 0 Å². The number of hydrogen-bond donors (Lipinski definition) is 1. The Hall–Kier alpha value is -0.830. The zero-order chi connectivity index (χ0) is 12.2. The molecule has 0 unspecified atom stereocenters. The van der Waals surface area contributed by atoms with Gasteiger partial charge in [-0.1, -0.05) is 32.9 Å². The van der Waals surface area contributed by atoms with Gasteiger partial charge in [0.2, 0.25) is 0 Å². The van der Waals surface area contributed by atoms with Crippen molar-refractivity contribution in [2.75, 3.05) is 18.1 Å². The van der Waals surface area contributed by atoms with Crippen LogP contribution in [0.4, 0.5) is 5.69 Å². The Kier molecular flexibility index (Phi) is 4.54. The average Bonchev–Trinajstić information content (AvgIpc) is 2.13. The number of anilines is 1. The van der Waals surface area contributed by atoms with E-state index in [4.69, 9.17) is 0 Å². The van der Waals surface area contributed by atoms with Crippen molar-refractivity contribution in [3.63, 3.8) is 0 Å². The van der Waals surface area contributed by atoms with Crippen molar-refractivity contribution < 1.29 is 4.21 Å². The molecule has 0 heterocycles. The second-order valence-electron chi connectivity index (χ2n) is 5.33. The van der Waals surface area contributed by atoms with E-state index in [2.05, 4.69) is 32.2 Å². The molecule has 0 aliphatic carbocycles. The van der Waals surface area contributed by atoms with Crippen LogP contribution in [-0.4, -0.2) is 17.0 Å². The maximum absolute atomic E-state index is 11.1. The predicted octanol–water partition coefficient (Wildman–Crippen LogP) is 3.02. The van der Waals surface area contributed by atoms with E-state index in [1.165, 1.54) is 0 Å². The summed E-state index contributed by atoms with van der Waals surface area (Å²) in [5.41, 5.74) is 2.50. The van der Waals surface area contributed by atoms with Crippen LogP contribution in [-0.2, 0) is 16.6 Å². The fraction of sp³-hybridized carbons (Fsp3) is 0.538. The van der Waals surface area contributed by atoms with Crippen molar-refractivity contribution in [1.29, 1.82) is 0 Å². The zero-order valence-electron chi connectivity index (χ0n) is 10.5. The Morgan fingerprint density at radius 2 is 2.00 bits per heavy atom. The topological polar surface area (TPSA) is 29.1 Å². The molecular formula is C13H21NOS. The minimum atomic E-state index is -0.774. The second-order valence-corrected chi connectivity index (χ2v) is 6.77. The largest absolute Gasteiger partial charge is 0.385 e. The minimum absolute atomic E-state index is 0.267. The highest BCUT2D eigenvalue weighted by atomic mass is 32.2. The molecule has 2 nitrogen and oxygen atoms in total. The Morgan fingerprint density at radius 3 is 2.56 bits per heavy atom. The lowest BCUT2D eigenvalue weighted by Gasteiger charge is -2.19. The van der Waals surface area contributed by atoms with E-state index in [1.54, 1.807) is 6.26 Å². The van der Waals surface area contributed by atoms with Crippen LogP contribution in [0.2, 0.25) is 0 Å². The Bertz CT molecular complexity index is 368. The van der Waals surface area contributed by atoms with E-state index in [0.717, 1.165) is 17.8 Å². The molecule has 0 aromatic heterocycles. The SMILES string of the molecule is C[S@@](=O)Cc1cccc(NCC(C)(C)C)c1. The lowest BCUT2D eigenvalue weighted by atomic mass is 9.97. The Balaban J connectivity index is 2.64. The summed E-state index contributed by atoms with van der Waals surface area (Å²) in [4.78, 5) is 0. The Morgan fingerprint density at radius 1 is 1.31 bits per heavy atom. The molecule has 16 heavy (non-hydrogen) atoms. The van der Waals surface area contributed by atoms with Gasteiger partial charge in [-0.05, 0) is 23.1 Å². The summed E-state index contributed by atoms with van der Waals surface area (Å²) in [5.74, 6) is 0.630. The third-order valence-electron chi connectivity index (χ3n) is 2.12. The molecule has 0 fully saturated rings. The van der Waals surface area contributed by atoms with E-state index >= 15 is 0 Å². The maximum atomic E-state index is 11.1. The van der Waals surface area contributed by atoms with E-state index in [1.807, 2.05) is 18.2 Å². The molecule has 0 aliphatic heterocycles. The molecule has 0 spiro atoms. The van der Waals surface area contributed by atoms with Crippen LogP contribution in [0.3, 0.4) is 0 Å². The van der Waals surface area contributed by atoms with Crippen molar-refractivity contribution in [3.8, 4) is 0 Å². The van der Waals surface area contributed by atoms with Crippen LogP contribution in [0, 0.1) is 5.41 Å². The second kappa shape index (κ2) is 5.48. The van der Waals surface area contributed by atoms with Crippen LogP contribution >= 0.6 is 0 Å². The first kappa shape index (κ1) is 13.2. The number of nitrogens with one attached hydrogen (secondary N) is 1. The van der Waals surface area contributed by atoms with Crippen LogP contribution < -0.4 is 5.32 Å². The van der Waals surface area contributed by atoms with Crippen molar-refractivity contribution in [2.24, 2.45) is 5.41 Å². The third-order valence-corrected chi connectivity index (χ3v) is 2.86. The first-order valence-corrected chi connectivity index (χ1v) is 7.22. The molecular weight excluding hydrogens is 218 g/mol. The van der Waals surface area contributed by atoms with Crippen molar-refractivity contribution >= 4 is 16.5 Å². The predicted molar refractivity (Wildman–Crippen MR) is 72.2 cm³/mol. The van der Waals surface area contributed by atoms with Gasteiger partial charge in [-0.3, -0.25) is 4.21 Å². The van der Waals surface area contributed by atoms with Crippen molar-refractivity contribution in [3.05, 3.63) is 29.8 Å². The molecule has 1 aromatic rings. The Labute approximate surface area is 101 Å². The molecule has 1 N–H and O–H groups in total. The molecule has 0 bridgehead atoms. The normalized spacial score (nSPS) is 13.5. The molecule has 0 saturated heterocycles. The summed E-state index contributed by atoms with van der Waals surface area (Å²) < 4.78 is 11.1. The molecule has 0 aliphatic rings. The fourth-order valence-corrected chi connectivity index (χ4v) is 2.02. The third kappa shape index (κ3) is 5.31. The smallest absolute Gasteiger partial charge is 0.0483 e. The van der Waals surface area contributed by atoms with Crippen LogP contribution in [0.1, 0.15) is 26.3 Å². The zero-order valence-corrected chi connectivity index (χ0v) is 11.4. The first-order chi connectivity index (χ1) is 7.37. The molecule has 3 heteroatoms. The van der Waals surface area contributed by atoms with E-state index in [0.29, 0.717) is 5.75 Å². The van der Waals surface area contributed by atoms with Gasteiger partial charge in [0, 0.05) is 35.0 Å². The molecule has 90 valence electrons. The van der Waals surface area contributed by atoms with Gasteiger partial charge < -0.3 is 5.32 Å². The average molecular weight is 239 g/mol. The van der Waals surface area contributed by atoms with Gasteiger partial charge in [0.1, 0.15) is 0 Å². The number of hydrogen-bond acceptors (Lipinski definition) is 2. The summed E-state index contributed by atoms with van der Waals surface area (Å²) in [6.07, 6.45) is 1.73. The van der Waals surface area contributed by atoms with E-state index < -0.39 is 10.8 Å². The molecule has 1 aromatic carbocycles.